The predicted octanol–water partition coefficient (Wildman–Crippen LogP) is 5.60. The molecule has 2 aliphatic heterocycles. The Morgan fingerprint density at radius 1 is 1.12 bits per heavy atom. The SMILES string of the molecule is C=CCCCCC(C)N[C@H](C(=O)N1C[C@H](OC(=O)N2Cc3cccc(C=C)c3C2)C[C@H]1C(=O)OC)C1CCCCC1. The highest BCUT2D eigenvalue weighted by atomic mass is 16.6. The number of amides is 2. The maximum Gasteiger partial charge on any atom is 0.410 e. The molecule has 4 atom stereocenters. The number of benzene rings is 1. The third kappa shape index (κ3) is 7.59. The lowest BCUT2D eigenvalue weighted by atomic mass is 9.82. The number of carbonyl (C=O) groups is 3. The molecule has 1 saturated carbocycles. The standard InChI is InChI=1S/C33H47N3O5/c1-5-7-8-10-14-23(3)34-30(25-15-11-9-12-16-25)31(37)36-21-27(19-29(36)32(38)40-4)41-33(39)35-20-26-18-13-17-24(6-2)28(26)22-35/h5-6,13,17-18,23,25,27,29-30,34H,1-2,7-12,14-16,19-22H2,3-4H3/t23?,27-,29+,30+/m1/s1. The van der Waals surface area contributed by atoms with E-state index in [1.54, 1.807) is 15.9 Å². The van der Waals surface area contributed by atoms with E-state index in [0.29, 0.717) is 13.1 Å². The number of hydrogen-bond acceptors (Lipinski definition) is 6. The van der Waals surface area contributed by atoms with Crippen LogP contribution in [-0.4, -0.2) is 65.7 Å². The first-order valence-electron chi connectivity index (χ1n) is 15.3. The number of nitrogens with zero attached hydrogens (tertiary/aromatic N) is 2. The molecule has 2 amide bonds. The Bertz CT molecular complexity index is 1100. The fourth-order valence-corrected chi connectivity index (χ4v) is 6.66. The molecule has 1 unspecified atom stereocenters. The van der Waals surface area contributed by atoms with Gasteiger partial charge in [-0.25, -0.2) is 9.59 Å². The number of hydrogen-bond donors (Lipinski definition) is 1. The lowest BCUT2D eigenvalue weighted by Crippen LogP contribution is -2.55. The predicted molar refractivity (Wildman–Crippen MR) is 160 cm³/mol. The Morgan fingerprint density at radius 2 is 1.90 bits per heavy atom. The normalized spacial score (nSPS) is 22.1. The van der Waals surface area contributed by atoms with Crippen molar-refractivity contribution < 1.29 is 23.9 Å². The zero-order chi connectivity index (χ0) is 29.4. The van der Waals surface area contributed by atoms with E-state index in [1.165, 1.54) is 13.5 Å². The van der Waals surface area contributed by atoms with E-state index in [9.17, 15) is 14.4 Å². The molecule has 1 aliphatic carbocycles. The fraction of sp³-hybridized carbons (Fsp3) is 0.606. The van der Waals surface area contributed by atoms with E-state index in [0.717, 1.165) is 68.1 Å². The summed E-state index contributed by atoms with van der Waals surface area (Å²) in [5.74, 6) is -0.345. The van der Waals surface area contributed by atoms with Crippen molar-refractivity contribution in [2.24, 2.45) is 5.92 Å². The second-order valence-corrected chi connectivity index (χ2v) is 11.8. The van der Waals surface area contributed by atoms with Gasteiger partial charge in [-0.1, -0.05) is 62.6 Å². The first-order valence-corrected chi connectivity index (χ1v) is 15.3. The first kappa shape index (κ1) is 30.8. The van der Waals surface area contributed by atoms with Crippen molar-refractivity contribution in [1.82, 2.24) is 15.1 Å². The highest BCUT2D eigenvalue weighted by Gasteiger charge is 2.46. The monoisotopic (exact) mass is 565 g/mol. The summed E-state index contributed by atoms with van der Waals surface area (Å²) < 4.78 is 11.0. The van der Waals surface area contributed by atoms with Crippen LogP contribution < -0.4 is 5.32 Å². The summed E-state index contributed by atoms with van der Waals surface area (Å²) in [5.41, 5.74) is 3.17. The van der Waals surface area contributed by atoms with Gasteiger partial charge in [0.15, 0.2) is 0 Å². The largest absolute Gasteiger partial charge is 0.467 e. The van der Waals surface area contributed by atoms with E-state index in [2.05, 4.69) is 25.4 Å². The van der Waals surface area contributed by atoms with Crippen molar-refractivity contribution in [2.75, 3.05) is 13.7 Å². The van der Waals surface area contributed by atoms with Crippen LogP contribution in [0.4, 0.5) is 4.79 Å². The van der Waals surface area contributed by atoms with Crippen molar-refractivity contribution in [2.45, 2.75) is 108 Å². The highest BCUT2D eigenvalue weighted by molar-refractivity contribution is 5.88. The number of unbranched alkanes of at least 4 members (excludes halogenated alkanes) is 2. The average Bonchev–Trinajstić information content (AvgIpc) is 3.62. The number of rotatable bonds is 12. The quantitative estimate of drug-likeness (QED) is 0.202. The van der Waals surface area contributed by atoms with Crippen molar-refractivity contribution in [3.8, 4) is 0 Å². The number of carbonyl (C=O) groups excluding carboxylic acids is 3. The number of allylic oxidation sites excluding steroid dienone is 1. The summed E-state index contributed by atoms with van der Waals surface area (Å²) in [6, 6.07) is 4.98. The minimum absolute atomic E-state index is 0.0898. The lowest BCUT2D eigenvalue weighted by Gasteiger charge is -2.36. The molecule has 0 aromatic heterocycles. The van der Waals surface area contributed by atoms with Crippen LogP contribution in [0.25, 0.3) is 6.08 Å². The number of nitrogens with one attached hydrogen (secondary N) is 1. The smallest absolute Gasteiger partial charge is 0.410 e. The van der Waals surface area contributed by atoms with E-state index in [1.807, 2.05) is 24.3 Å². The average molecular weight is 566 g/mol. The number of fused-ring (bicyclic) bond motifs is 1. The van der Waals surface area contributed by atoms with E-state index in [4.69, 9.17) is 9.47 Å². The molecule has 41 heavy (non-hydrogen) atoms. The molecule has 2 heterocycles. The van der Waals surface area contributed by atoms with Crippen molar-refractivity contribution in [3.63, 3.8) is 0 Å². The molecule has 4 rings (SSSR count). The van der Waals surface area contributed by atoms with Crippen LogP contribution in [0.3, 0.4) is 0 Å². The van der Waals surface area contributed by atoms with Gasteiger partial charge >= 0.3 is 12.1 Å². The van der Waals surface area contributed by atoms with Gasteiger partial charge in [0.2, 0.25) is 5.91 Å². The highest BCUT2D eigenvalue weighted by Crippen LogP contribution is 2.32. The van der Waals surface area contributed by atoms with Gasteiger partial charge in [-0.2, -0.15) is 0 Å². The fourth-order valence-electron chi connectivity index (χ4n) is 6.66. The number of likely N-dealkylation sites (tertiary alicyclic amines) is 1. The van der Waals surface area contributed by atoms with Crippen molar-refractivity contribution in [1.29, 1.82) is 0 Å². The molecular formula is C33H47N3O5. The summed E-state index contributed by atoms with van der Waals surface area (Å²) in [6.07, 6.45) is 12.4. The summed E-state index contributed by atoms with van der Waals surface area (Å²) in [7, 11) is 1.34. The topological polar surface area (TPSA) is 88.2 Å². The molecule has 0 bridgehead atoms. The third-order valence-corrected chi connectivity index (χ3v) is 8.93. The number of esters is 1. The zero-order valence-electron chi connectivity index (χ0n) is 24.8. The molecule has 8 heteroatoms. The van der Waals surface area contributed by atoms with E-state index >= 15 is 0 Å². The summed E-state index contributed by atoms with van der Waals surface area (Å²) >= 11 is 0. The molecular weight excluding hydrogens is 518 g/mol. The Balaban J connectivity index is 1.44. The molecule has 3 aliphatic rings. The molecule has 8 nitrogen and oxygen atoms in total. The third-order valence-electron chi connectivity index (χ3n) is 8.93. The van der Waals surface area contributed by atoms with Gasteiger partial charge < -0.3 is 19.7 Å². The van der Waals surface area contributed by atoms with Crippen LogP contribution in [0.2, 0.25) is 0 Å². The molecule has 1 aromatic rings. The van der Waals surface area contributed by atoms with Crippen molar-refractivity contribution in [3.05, 3.63) is 54.1 Å². The van der Waals surface area contributed by atoms with Crippen LogP contribution in [-0.2, 0) is 32.2 Å². The molecule has 2 fully saturated rings. The number of ether oxygens (including phenoxy) is 2. The molecule has 1 N–H and O–H groups in total. The summed E-state index contributed by atoms with van der Waals surface area (Å²) in [4.78, 5) is 43.5. The summed E-state index contributed by atoms with van der Waals surface area (Å²) in [6.45, 7) is 10.9. The van der Waals surface area contributed by atoms with Gasteiger partial charge in [-0.3, -0.25) is 9.69 Å². The lowest BCUT2D eigenvalue weighted by molar-refractivity contribution is -0.152. The summed E-state index contributed by atoms with van der Waals surface area (Å²) in [5, 5.41) is 3.65. The maximum atomic E-state index is 14.2. The van der Waals surface area contributed by atoms with Crippen LogP contribution in [0.5, 0.6) is 0 Å². The number of methoxy groups -OCH3 is 1. The second kappa shape index (κ2) is 14.7. The van der Waals surface area contributed by atoms with Crippen molar-refractivity contribution >= 4 is 24.0 Å². The molecule has 0 spiro atoms. The van der Waals surface area contributed by atoms with E-state index in [-0.39, 0.29) is 36.9 Å². The van der Waals surface area contributed by atoms with Crippen LogP contribution >= 0.6 is 0 Å². The van der Waals surface area contributed by atoms with Crippen LogP contribution in [0.15, 0.2) is 37.4 Å². The first-order chi connectivity index (χ1) is 19.9. The zero-order valence-corrected chi connectivity index (χ0v) is 24.8. The second-order valence-electron chi connectivity index (χ2n) is 11.8. The van der Waals surface area contributed by atoms with Crippen LogP contribution in [0, 0.1) is 5.92 Å². The Labute approximate surface area is 245 Å². The van der Waals surface area contributed by atoms with Gasteiger partial charge in [-0.05, 0) is 61.6 Å². The van der Waals surface area contributed by atoms with Gasteiger partial charge in [0.1, 0.15) is 12.1 Å². The molecule has 1 saturated heterocycles. The van der Waals surface area contributed by atoms with E-state index < -0.39 is 24.2 Å². The van der Waals surface area contributed by atoms with Crippen LogP contribution in [0.1, 0.15) is 87.8 Å². The Hall–Kier alpha value is -3.13. The minimum atomic E-state index is -0.774. The van der Waals surface area contributed by atoms with Gasteiger partial charge in [0.25, 0.3) is 0 Å². The van der Waals surface area contributed by atoms with Gasteiger partial charge in [-0.15, -0.1) is 6.58 Å². The Morgan fingerprint density at radius 3 is 2.61 bits per heavy atom. The molecule has 224 valence electrons. The Kier molecular flexibility index (Phi) is 11.0. The minimum Gasteiger partial charge on any atom is -0.467 e. The maximum absolute atomic E-state index is 14.2. The molecule has 1 aromatic carbocycles. The van der Waals surface area contributed by atoms with Gasteiger partial charge in [0.05, 0.1) is 26.2 Å². The molecule has 0 radical (unpaired) electrons. The van der Waals surface area contributed by atoms with Gasteiger partial charge in [0, 0.05) is 19.0 Å².